The summed E-state index contributed by atoms with van der Waals surface area (Å²) in [5, 5.41) is 7.89. The van der Waals surface area contributed by atoms with E-state index in [1.54, 1.807) is 18.2 Å². The number of rotatable bonds is 4. The van der Waals surface area contributed by atoms with Crippen LogP contribution in [0.4, 0.5) is 24.5 Å². The standard InChI is InChI=1S/C22H17Cl2F3N2/c23-16-5-1-3-14(9-16)12-21(13-28-20-11-17(24)7-8-19(20)21)29-18-6-2-4-15(10-18)22(25,26)27/h1-11,28-29H,12-13H2. The SMILES string of the molecule is FC(F)(F)c1cccc(NC2(Cc3cccc(Cl)c3)CNc3cc(Cl)ccc32)c1. The van der Waals surface area contributed by atoms with Crippen LogP contribution >= 0.6 is 23.2 Å². The van der Waals surface area contributed by atoms with Crippen molar-refractivity contribution in [1.82, 2.24) is 0 Å². The molecule has 3 aromatic carbocycles. The van der Waals surface area contributed by atoms with Gasteiger partial charge in [0.15, 0.2) is 0 Å². The Bertz CT molecular complexity index is 1050. The molecule has 4 rings (SSSR count). The first kappa shape index (κ1) is 19.9. The molecule has 1 heterocycles. The number of fused-ring (bicyclic) bond motifs is 1. The quantitative estimate of drug-likeness (QED) is 0.460. The van der Waals surface area contributed by atoms with Crippen molar-refractivity contribution in [3.63, 3.8) is 0 Å². The monoisotopic (exact) mass is 436 g/mol. The normalized spacial score (nSPS) is 18.2. The predicted octanol–water partition coefficient (Wildman–Crippen LogP) is 6.99. The molecule has 3 aromatic rings. The first-order valence-corrected chi connectivity index (χ1v) is 9.75. The van der Waals surface area contributed by atoms with Gasteiger partial charge in [0.25, 0.3) is 0 Å². The fourth-order valence-corrected chi connectivity index (χ4v) is 4.16. The number of alkyl halides is 3. The van der Waals surface area contributed by atoms with Gasteiger partial charge in [-0.15, -0.1) is 0 Å². The van der Waals surface area contributed by atoms with Gasteiger partial charge in [-0.1, -0.05) is 47.5 Å². The van der Waals surface area contributed by atoms with Crippen LogP contribution < -0.4 is 10.6 Å². The van der Waals surface area contributed by atoms with E-state index in [1.807, 2.05) is 30.3 Å². The molecular formula is C22H17Cl2F3N2. The Hall–Kier alpha value is -2.37. The van der Waals surface area contributed by atoms with Crippen LogP contribution in [-0.4, -0.2) is 6.54 Å². The molecule has 0 aliphatic carbocycles. The maximum Gasteiger partial charge on any atom is 0.416 e. The second-order valence-electron chi connectivity index (χ2n) is 7.14. The number of halogens is 5. The summed E-state index contributed by atoms with van der Waals surface area (Å²) < 4.78 is 39.5. The van der Waals surface area contributed by atoms with Crippen LogP contribution in [0.5, 0.6) is 0 Å². The lowest BCUT2D eigenvalue weighted by atomic mass is 9.85. The summed E-state index contributed by atoms with van der Waals surface area (Å²) in [5.74, 6) is 0. The number of hydrogen-bond acceptors (Lipinski definition) is 2. The maximum absolute atomic E-state index is 13.2. The molecule has 150 valence electrons. The second kappa shape index (κ2) is 7.47. The fourth-order valence-electron chi connectivity index (χ4n) is 3.78. The molecule has 0 amide bonds. The molecule has 7 heteroatoms. The third-order valence-electron chi connectivity index (χ3n) is 5.05. The topological polar surface area (TPSA) is 24.1 Å². The number of anilines is 2. The summed E-state index contributed by atoms with van der Waals surface area (Å²) in [4.78, 5) is 0. The van der Waals surface area contributed by atoms with Crippen molar-refractivity contribution in [2.75, 3.05) is 17.2 Å². The van der Waals surface area contributed by atoms with E-state index in [2.05, 4.69) is 10.6 Å². The van der Waals surface area contributed by atoms with Gasteiger partial charge < -0.3 is 10.6 Å². The van der Waals surface area contributed by atoms with E-state index in [9.17, 15) is 13.2 Å². The summed E-state index contributed by atoms with van der Waals surface area (Å²) in [5.41, 5.74) is 1.82. The van der Waals surface area contributed by atoms with Gasteiger partial charge >= 0.3 is 6.18 Å². The van der Waals surface area contributed by atoms with Crippen molar-refractivity contribution in [3.8, 4) is 0 Å². The zero-order chi connectivity index (χ0) is 20.6. The van der Waals surface area contributed by atoms with E-state index in [0.29, 0.717) is 28.7 Å². The summed E-state index contributed by atoms with van der Waals surface area (Å²) in [7, 11) is 0. The summed E-state index contributed by atoms with van der Waals surface area (Å²) in [6.07, 6.45) is -3.87. The minimum absolute atomic E-state index is 0.395. The highest BCUT2D eigenvalue weighted by Crippen LogP contribution is 2.42. The van der Waals surface area contributed by atoms with Gasteiger partial charge in [-0.25, -0.2) is 0 Å². The van der Waals surface area contributed by atoms with Crippen LogP contribution in [0.15, 0.2) is 66.7 Å². The van der Waals surface area contributed by atoms with Crippen molar-refractivity contribution in [1.29, 1.82) is 0 Å². The zero-order valence-electron chi connectivity index (χ0n) is 15.2. The van der Waals surface area contributed by atoms with Gasteiger partial charge in [-0.2, -0.15) is 13.2 Å². The number of hydrogen-bond donors (Lipinski definition) is 2. The molecule has 0 fully saturated rings. The average Bonchev–Trinajstić information content (AvgIpc) is 2.98. The first-order chi connectivity index (χ1) is 13.7. The number of nitrogens with one attached hydrogen (secondary N) is 2. The van der Waals surface area contributed by atoms with Crippen molar-refractivity contribution < 1.29 is 13.2 Å². The first-order valence-electron chi connectivity index (χ1n) is 8.99. The average molecular weight is 437 g/mol. The Kier molecular flexibility index (Phi) is 5.13. The summed E-state index contributed by atoms with van der Waals surface area (Å²) >= 11 is 12.3. The highest BCUT2D eigenvalue weighted by atomic mass is 35.5. The highest BCUT2D eigenvalue weighted by Gasteiger charge is 2.40. The predicted molar refractivity (Wildman–Crippen MR) is 112 cm³/mol. The van der Waals surface area contributed by atoms with Gasteiger partial charge in [-0.3, -0.25) is 0 Å². The molecule has 0 saturated heterocycles. The summed E-state index contributed by atoms with van der Waals surface area (Å²) in [6, 6.07) is 18.2. The minimum Gasteiger partial charge on any atom is -0.382 e. The van der Waals surface area contributed by atoms with Crippen molar-refractivity contribution in [2.24, 2.45) is 0 Å². The maximum atomic E-state index is 13.2. The van der Waals surface area contributed by atoms with Crippen molar-refractivity contribution >= 4 is 34.6 Å². The molecule has 2 N–H and O–H groups in total. The molecule has 0 saturated carbocycles. The van der Waals surface area contributed by atoms with E-state index in [-0.39, 0.29) is 0 Å². The Labute approximate surface area is 176 Å². The molecule has 0 aromatic heterocycles. The molecule has 2 nitrogen and oxygen atoms in total. The molecule has 0 radical (unpaired) electrons. The van der Waals surface area contributed by atoms with Gasteiger partial charge in [0.1, 0.15) is 0 Å². The van der Waals surface area contributed by atoms with Gasteiger partial charge in [0.05, 0.1) is 11.1 Å². The van der Waals surface area contributed by atoms with E-state index >= 15 is 0 Å². The number of benzene rings is 3. The molecule has 29 heavy (non-hydrogen) atoms. The van der Waals surface area contributed by atoms with Crippen molar-refractivity contribution in [2.45, 2.75) is 18.1 Å². The van der Waals surface area contributed by atoms with E-state index < -0.39 is 17.3 Å². The van der Waals surface area contributed by atoms with Crippen LogP contribution in [0.3, 0.4) is 0 Å². The molecule has 0 spiro atoms. The lowest BCUT2D eigenvalue weighted by Gasteiger charge is -2.32. The van der Waals surface area contributed by atoms with Crippen LogP contribution in [0.25, 0.3) is 0 Å². The third-order valence-corrected chi connectivity index (χ3v) is 5.52. The Balaban J connectivity index is 1.77. The van der Waals surface area contributed by atoms with Gasteiger partial charge in [0, 0.05) is 39.9 Å². The Morgan fingerprint density at radius 2 is 1.69 bits per heavy atom. The van der Waals surface area contributed by atoms with Crippen molar-refractivity contribution in [3.05, 3.63) is 93.5 Å². The molecule has 0 bridgehead atoms. The Morgan fingerprint density at radius 3 is 2.45 bits per heavy atom. The fraction of sp³-hybridized carbons (Fsp3) is 0.182. The smallest absolute Gasteiger partial charge is 0.382 e. The van der Waals surface area contributed by atoms with E-state index in [1.165, 1.54) is 6.07 Å². The molecule has 1 atom stereocenters. The van der Waals surface area contributed by atoms with Crippen LogP contribution in [-0.2, 0) is 18.1 Å². The zero-order valence-corrected chi connectivity index (χ0v) is 16.7. The van der Waals surface area contributed by atoms with Gasteiger partial charge in [0.2, 0.25) is 0 Å². The lowest BCUT2D eigenvalue weighted by molar-refractivity contribution is -0.137. The largest absolute Gasteiger partial charge is 0.416 e. The van der Waals surface area contributed by atoms with E-state index in [0.717, 1.165) is 28.9 Å². The molecule has 1 aliphatic heterocycles. The molecule has 1 unspecified atom stereocenters. The minimum atomic E-state index is -4.41. The lowest BCUT2D eigenvalue weighted by Crippen LogP contribution is -2.39. The summed E-state index contributed by atoms with van der Waals surface area (Å²) in [6.45, 7) is 0.492. The Morgan fingerprint density at radius 1 is 0.931 bits per heavy atom. The third kappa shape index (κ3) is 4.16. The molecule has 1 aliphatic rings. The van der Waals surface area contributed by atoms with E-state index in [4.69, 9.17) is 23.2 Å². The van der Waals surface area contributed by atoms with Crippen LogP contribution in [0.1, 0.15) is 16.7 Å². The second-order valence-corrected chi connectivity index (χ2v) is 8.01. The highest BCUT2D eigenvalue weighted by molar-refractivity contribution is 6.31. The van der Waals surface area contributed by atoms with Crippen LogP contribution in [0, 0.1) is 0 Å². The van der Waals surface area contributed by atoms with Crippen LogP contribution in [0.2, 0.25) is 10.0 Å². The molecular weight excluding hydrogens is 420 g/mol. The van der Waals surface area contributed by atoms with Gasteiger partial charge in [-0.05, 0) is 48.0 Å².